The highest BCUT2D eigenvalue weighted by Crippen LogP contribution is 2.28. The number of benzene rings is 2. The van der Waals surface area contributed by atoms with E-state index < -0.39 is 11.5 Å². The van der Waals surface area contributed by atoms with Gasteiger partial charge in [0.2, 0.25) is 5.88 Å². The Morgan fingerprint density at radius 1 is 1.17 bits per heavy atom. The molecule has 1 N–H and O–H groups in total. The fraction of sp³-hybridized carbons (Fsp3) is 0.0769. The third-order valence-electron chi connectivity index (χ3n) is 5.09. The smallest absolute Gasteiger partial charge is 0.269 e. The second-order valence-electron chi connectivity index (χ2n) is 7.40. The number of hydrogen-bond acceptors (Lipinski definition) is 6. The van der Waals surface area contributed by atoms with E-state index in [0.29, 0.717) is 27.9 Å². The molecule has 35 heavy (non-hydrogen) atoms. The van der Waals surface area contributed by atoms with Gasteiger partial charge in [-0.1, -0.05) is 29.8 Å². The zero-order chi connectivity index (χ0) is 24.9. The van der Waals surface area contributed by atoms with Crippen molar-refractivity contribution < 1.29 is 14.3 Å². The van der Waals surface area contributed by atoms with Crippen LogP contribution < -0.4 is 20.3 Å². The molecule has 0 aliphatic carbocycles. The molecule has 0 atom stereocenters. The van der Waals surface area contributed by atoms with Crippen LogP contribution in [0.1, 0.15) is 11.1 Å². The average Bonchev–Trinajstić information content (AvgIpc) is 2.86. The number of amides is 1. The molecule has 0 radical (unpaired) electrons. The number of carbonyl (C=O) groups is 1. The molecule has 0 saturated carbocycles. The predicted molar refractivity (Wildman–Crippen MR) is 133 cm³/mol. The summed E-state index contributed by atoms with van der Waals surface area (Å²) in [6.45, 7) is 1.81. The lowest BCUT2D eigenvalue weighted by molar-refractivity contribution is -0.112. The number of pyridine rings is 1. The van der Waals surface area contributed by atoms with Crippen LogP contribution in [0.5, 0.6) is 17.4 Å². The van der Waals surface area contributed by atoms with Crippen LogP contribution in [-0.4, -0.2) is 22.4 Å². The summed E-state index contributed by atoms with van der Waals surface area (Å²) in [7, 11) is 1.47. The molecule has 2 aromatic heterocycles. The van der Waals surface area contributed by atoms with E-state index in [4.69, 9.17) is 21.1 Å². The maximum absolute atomic E-state index is 13.3. The number of ether oxygens (including phenoxy) is 2. The van der Waals surface area contributed by atoms with Gasteiger partial charge in [-0.05, 0) is 61.0 Å². The Hall–Kier alpha value is -4.61. The first-order valence-electron chi connectivity index (χ1n) is 10.4. The molecular formula is C26H19ClN4O4. The van der Waals surface area contributed by atoms with Crippen molar-refractivity contribution in [3.8, 4) is 23.4 Å². The van der Waals surface area contributed by atoms with Crippen molar-refractivity contribution in [3.05, 3.63) is 98.9 Å². The third kappa shape index (κ3) is 5.00. The maximum Gasteiger partial charge on any atom is 0.269 e. The van der Waals surface area contributed by atoms with Crippen molar-refractivity contribution in [2.75, 3.05) is 12.4 Å². The number of nitrogens with one attached hydrogen (secondary N) is 1. The zero-order valence-electron chi connectivity index (χ0n) is 18.8. The first-order valence-corrected chi connectivity index (χ1v) is 10.8. The number of rotatable bonds is 6. The van der Waals surface area contributed by atoms with E-state index in [-0.39, 0.29) is 17.0 Å². The van der Waals surface area contributed by atoms with Crippen LogP contribution in [0.2, 0.25) is 5.02 Å². The van der Waals surface area contributed by atoms with Crippen molar-refractivity contribution in [2.45, 2.75) is 6.92 Å². The van der Waals surface area contributed by atoms with Gasteiger partial charge < -0.3 is 14.8 Å². The van der Waals surface area contributed by atoms with Gasteiger partial charge in [-0.2, -0.15) is 10.2 Å². The SMILES string of the molecule is COc1ccccc1NC(=O)/C(C#N)=C\c1c(Oc2ccc(Cl)c(C)c2)nc2ccccn2c1=O. The van der Waals surface area contributed by atoms with E-state index in [1.807, 2.05) is 13.0 Å². The minimum Gasteiger partial charge on any atom is -0.495 e. The number of para-hydroxylation sites is 2. The van der Waals surface area contributed by atoms with Gasteiger partial charge in [0.25, 0.3) is 11.5 Å². The fourth-order valence-corrected chi connectivity index (χ4v) is 3.42. The molecule has 4 aromatic rings. The largest absolute Gasteiger partial charge is 0.495 e. The van der Waals surface area contributed by atoms with Crippen molar-refractivity contribution >= 4 is 34.9 Å². The average molecular weight is 487 g/mol. The Morgan fingerprint density at radius 2 is 1.94 bits per heavy atom. The molecule has 0 aliphatic rings. The fourth-order valence-electron chi connectivity index (χ4n) is 3.31. The highest BCUT2D eigenvalue weighted by Gasteiger charge is 2.18. The number of fused-ring (bicyclic) bond motifs is 1. The van der Waals surface area contributed by atoms with Gasteiger partial charge in [0.15, 0.2) is 0 Å². The van der Waals surface area contributed by atoms with Gasteiger partial charge in [-0.25, -0.2) is 0 Å². The summed E-state index contributed by atoms with van der Waals surface area (Å²) in [5.41, 5.74) is 0.604. The van der Waals surface area contributed by atoms with E-state index in [2.05, 4.69) is 10.3 Å². The molecule has 4 rings (SSSR count). The Bertz CT molecular complexity index is 1570. The van der Waals surface area contributed by atoms with Crippen molar-refractivity contribution in [1.82, 2.24) is 9.38 Å². The lowest BCUT2D eigenvalue weighted by Gasteiger charge is -2.12. The Balaban J connectivity index is 1.81. The minimum absolute atomic E-state index is 0.0548. The number of hydrogen-bond donors (Lipinski definition) is 1. The van der Waals surface area contributed by atoms with E-state index in [1.54, 1.807) is 66.9 Å². The molecule has 0 fully saturated rings. The van der Waals surface area contributed by atoms with Crippen molar-refractivity contribution in [3.63, 3.8) is 0 Å². The normalized spacial score (nSPS) is 11.1. The molecule has 2 heterocycles. The van der Waals surface area contributed by atoms with Gasteiger partial charge in [-0.3, -0.25) is 14.0 Å². The summed E-state index contributed by atoms with van der Waals surface area (Å²) >= 11 is 6.11. The maximum atomic E-state index is 13.3. The molecular weight excluding hydrogens is 468 g/mol. The molecule has 1 amide bonds. The van der Waals surface area contributed by atoms with Crippen LogP contribution in [-0.2, 0) is 4.79 Å². The third-order valence-corrected chi connectivity index (χ3v) is 5.51. The Kier molecular flexibility index (Phi) is 6.81. The van der Waals surface area contributed by atoms with E-state index >= 15 is 0 Å². The van der Waals surface area contributed by atoms with E-state index in [1.165, 1.54) is 11.5 Å². The second-order valence-corrected chi connectivity index (χ2v) is 7.81. The van der Waals surface area contributed by atoms with Crippen LogP contribution in [0.15, 0.2) is 77.2 Å². The minimum atomic E-state index is -0.720. The number of nitrogens with zero attached hydrogens (tertiary/aromatic N) is 3. The quantitative estimate of drug-likeness (QED) is 0.303. The predicted octanol–water partition coefficient (Wildman–Crippen LogP) is 5.00. The van der Waals surface area contributed by atoms with E-state index in [0.717, 1.165) is 11.6 Å². The summed E-state index contributed by atoms with van der Waals surface area (Å²) in [4.78, 5) is 30.7. The first-order chi connectivity index (χ1) is 16.9. The molecule has 0 bridgehead atoms. The van der Waals surface area contributed by atoms with Crippen LogP contribution >= 0.6 is 11.6 Å². The van der Waals surface area contributed by atoms with Gasteiger partial charge in [0.05, 0.1) is 12.8 Å². The van der Waals surface area contributed by atoms with Gasteiger partial charge in [-0.15, -0.1) is 0 Å². The molecule has 0 saturated heterocycles. The molecule has 0 spiro atoms. The van der Waals surface area contributed by atoms with Crippen LogP contribution in [0.4, 0.5) is 5.69 Å². The van der Waals surface area contributed by atoms with Crippen LogP contribution in [0.25, 0.3) is 11.7 Å². The summed E-state index contributed by atoms with van der Waals surface area (Å²) < 4.78 is 12.5. The molecule has 9 heteroatoms. The topological polar surface area (TPSA) is 106 Å². The number of anilines is 1. The standard InChI is InChI=1S/C26H19ClN4O4/c1-16-13-18(10-11-20(16)27)35-25-19(26(33)31-12-6-5-9-23(31)30-25)14-17(15-28)24(32)29-21-7-3-4-8-22(21)34-2/h3-14H,1-2H3,(H,29,32)/b17-14-. The van der Waals surface area contributed by atoms with Gasteiger partial charge >= 0.3 is 0 Å². The number of carbonyl (C=O) groups excluding carboxylic acids is 1. The van der Waals surface area contributed by atoms with Crippen molar-refractivity contribution in [2.24, 2.45) is 0 Å². The Labute approximate surface area is 205 Å². The number of aromatic nitrogens is 2. The summed E-state index contributed by atoms with van der Waals surface area (Å²) in [5.74, 6) is 0.0435. The monoisotopic (exact) mass is 486 g/mol. The van der Waals surface area contributed by atoms with Gasteiger partial charge in [0, 0.05) is 11.2 Å². The highest BCUT2D eigenvalue weighted by molar-refractivity contribution is 6.31. The van der Waals surface area contributed by atoms with Crippen molar-refractivity contribution in [1.29, 1.82) is 5.26 Å². The lowest BCUT2D eigenvalue weighted by Crippen LogP contribution is -2.20. The Morgan fingerprint density at radius 3 is 2.69 bits per heavy atom. The first kappa shape index (κ1) is 23.5. The molecule has 8 nitrogen and oxygen atoms in total. The lowest BCUT2D eigenvalue weighted by atomic mass is 10.1. The molecule has 174 valence electrons. The highest BCUT2D eigenvalue weighted by atomic mass is 35.5. The second kappa shape index (κ2) is 10.1. The number of methoxy groups -OCH3 is 1. The van der Waals surface area contributed by atoms with Gasteiger partial charge in [0.1, 0.15) is 34.4 Å². The van der Waals surface area contributed by atoms with Crippen LogP contribution in [0.3, 0.4) is 0 Å². The number of nitriles is 1. The van der Waals surface area contributed by atoms with E-state index in [9.17, 15) is 14.9 Å². The zero-order valence-corrected chi connectivity index (χ0v) is 19.5. The summed E-state index contributed by atoms with van der Waals surface area (Å²) in [6.07, 6.45) is 2.71. The molecule has 2 aromatic carbocycles. The molecule has 0 unspecified atom stereocenters. The number of halogens is 1. The summed E-state index contributed by atoms with van der Waals surface area (Å²) in [5, 5.41) is 12.9. The summed E-state index contributed by atoms with van der Waals surface area (Å²) in [6, 6.07) is 18.7. The molecule has 0 aliphatic heterocycles. The van der Waals surface area contributed by atoms with Crippen LogP contribution in [0, 0.1) is 18.3 Å². The number of aryl methyl sites for hydroxylation is 1.